The maximum atomic E-state index is 13.3. The number of ether oxygens (including phenoxy) is 1. The molecule has 0 N–H and O–H groups in total. The van der Waals surface area contributed by atoms with Gasteiger partial charge in [0.1, 0.15) is 11.4 Å². The molecule has 88 valence electrons. The van der Waals surface area contributed by atoms with Crippen LogP contribution in [0.25, 0.3) is 0 Å². The van der Waals surface area contributed by atoms with E-state index >= 15 is 0 Å². The average Bonchev–Trinajstić information content (AvgIpc) is 2.08. The summed E-state index contributed by atoms with van der Waals surface area (Å²) in [6.45, 7) is 7.06. The Balaban J connectivity index is 3.05. The van der Waals surface area contributed by atoms with Crippen LogP contribution < -0.4 is 0 Å². The van der Waals surface area contributed by atoms with Crippen molar-refractivity contribution in [1.82, 2.24) is 0 Å². The van der Waals surface area contributed by atoms with Gasteiger partial charge >= 0.3 is 5.97 Å². The number of hydrogen-bond acceptors (Lipinski definition) is 2. The van der Waals surface area contributed by atoms with Crippen LogP contribution in [0.5, 0.6) is 0 Å². The van der Waals surface area contributed by atoms with Crippen LogP contribution in [0.15, 0.2) is 16.6 Å². The third kappa shape index (κ3) is 3.30. The fourth-order valence-corrected chi connectivity index (χ4v) is 1.66. The van der Waals surface area contributed by atoms with Gasteiger partial charge in [-0.05, 0) is 61.3 Å². The molecule has 1 aromatic rings. The van der Waals surface area contributed by atoms with Crippen molar-refractivity contribution in [1.29, 1.82) is 0 Å². The highest BCUT2D eigenvalue weighted by Gasteiger charge is 2.20. The van der Waals surface area contributed by atoms with E-state index in [0.717, 1.165) is 0 Å². The zero-order valence-corrected chi connectivity index (χ0v) is 11.3. The maximum absolute atomic E-state index is 13.3. The molecule has 16 heavy (non-hydrogen) atoms. The molecule has 4 heteroatoms. The van der Waals surface area contributed by atoms with Crippen LogP contribution in [-0.2, 0) is 4.74 Å². The first-order valence-electron chi connectivity index (χ1n) is 4.90. The standard InChI is InChI=1S/C12H14BrFO2/c1-7-5-9(13)10(14)6-8(7)11(15)16-12(2,3)4/h5-6H,1-4H3. The molecule has 0 saturated heterocycles. The number of carbonyl (C=O) groups excluding carboxylic acids is 1. The van der Waals surface area contributed by atoms with E-state index in [2.05, 4.69) is 15.9 Å². The largest absolute Gasteiger partial charge is 0.456 e. The molecule has 1 rings (SSSR count). The number of rotatable bonds is 1. The Morgan fingerprint density at radius 1 is 1.38 bits per heavy atom. The Hall–Kier alpha value is -0.900. The van der Waals surface area contributed by atoms with Crippen LogP contribution >= 0.6 is 15.9 Å². The molecule has 0 radical (unpaired) electrons. The summed E-state index contributed by atoms with van der Waals surface area (Å²) >= 11 is 3.06. The van der Waals surface area contributed by atoms with Crippen molar-refractivity contribution < 1.29 is 13.9 Å². The minimum Gasteiger partial charge on any atom is -0.456 e. The molecule has 0 heterocycles. The van der Waals surface area contributed by atoms with E-state index in [-0.39, 0.29) is 5.56 Å². The molecule has 0 unspecified atom stereocenters. The van der Waals surface area contributed by atoms with E-state index in [1.54, 1.807) is 33.8 Å². The lowest BCUT2D eigenvalue weighted by Gasteiger charge is -2.20. The Labute approximate surface area is 103 Å². The molecular formula is C12H14BrFO2. The van der Waals surface area contributed by atoms with Crippen LogP contribution in [0.4, 0.5) is 4.39 Å². The van der Waals surface area contributed by atoms with Gasteiger partial charge in [-0.25, -0.2) is 9.18 Å². The fraction of sp³-hybridized carbons (Fsp3) is 0.417. The van der Waals surface area contributed by atoms with Crippen LogP contribution in [0.3, 0.4) is 0 Å². The molecule has 0 fully saturated rings. The molecule has 0 bridgehead atoms. The SMILES string of the molecule is Cc1cc(Br)c(F)cc1C(=O)OC(C)(C)C. The van der Waals surface area contributed by atoms with Gasteiger partial charge in [-0.3, -0.25) is 0 Å². The zero-order chi connectivity index (χ0) is 12.5. The summed E-state index contributed by atoms with van der Waals surface area (Å²) in [6, 6.07) is 2.75. The minimum absolute atomic E-state index is 0.260. The molecule has 2 nitrogen and oxygen atoms in total. The van der Waals surface area contributed by atoms with E-state index in [9.17, 15) is 9.18 Å². The lowest BCUT2D eigenvalue weighted by molar-refractivity contribution is 0.00682. The number of carbonyl (C=O) groups is 1. The molecule has 0 aliphatic rings. The van der Waals surface area contributed by atoms with Gasteiger partial charge in [-0.1, -0.05) is 0 Å². The molecule has 0 amide bonds. The van der Waals surface area contributed by atoms with Crippen LogP contribution in [0.2, 0.25) is 0 Å². The van der Waals surface area contributed by atoms with Crippen molar-refractivity contribution in [2.75, 3.05) is 0 Å². The molecule has 0 aliphatic heterocycles. The summed E-state index contributed by atoms with van der Waals surface area (Å²) in [4.78, 5) is 11.7. The van der Waals surface area contributed by atoms with Gasteiger partial charge < -0.3 is 4.74 Å². The Morgan fingerprint density at radius 3 is 2.44 bits per heavy atom. The first-order valence-corrected chi connectivity index (χ1v) is 5.69. The van der Waals surface area contributed by atoms with Crippen LogP contribution in [-0.4, -0.2) is 11.6 Å². The van der Waals surface area contributed by atoms with Crippen molar-refractivity contribution in [3.8, 4) is 0 Å². The second-order valence-electron chi connectivity index (χ2n) is 4.58. The summed E-state index contributed by atoms with van der Waals surface area (Å²) in [5.74, 6) is -0.970. The maximum Gasteiger partial charge on any atom is 0.339 e. The van der Waals surface area contributed by atoms with E-state index < -0.39 is 17.4 Å². The molecular weight excluding hydrogens is 275 g/mol. The Morgan fingerprint density at radius 2 is 1.94 bits per heavy atom. The zero-order valence-electron chi connectivity index (χ0n) is 9.73. The quantitative estimate of drug-likeness (QED) is 0.734. The predicted octanol–water partition coefficient (Wildman–Crippen LogP) is 3.85. The summed E-state index contributed by atoms with van der Waals surface area (Å²) in [6.07, 6.45) is 0. The molecule has 0 atom stereocenters. The minimum atomic E-state index is -0.576. The third-order valence-corrected chi connectivity index (χ3v) is 2.49. The number of hydrogen-bond donors (Lipinski definition) is 0. The van der Waals surface area contributed by atoms with Gasteiger partial charge in [0.15, 0.2) is 0 Å². The van der Waals surface area contributed by atoms with Crippen LogP contribution in [0, 0.1) is 12.7 Å². The average molecular weight is 289 g/mol. The van der Waals surface area contributed by atoms with Crippen molar-refractivity contribution in [3.63, 3.8) is 0 Å². The first kappa shape index (κ1) is 13.2. The van der Waals surface area contributed by atoms with Gasteiger partial charge in [0, 0.05) is 0 Å². The molecule has 0 saturated carbocycles. The summed E-state index contributed by atoms with van der Waals surface area (Å²) < 4.78 is 18.8. The number of benzene rings is 1. The number of aryl methyl sites for hydroxylation is 1. The second-order valence-corrected chi connectivity index (χ2v) is 5.44. The smallest absolute Gasteiger partial charge is 0.339 e. The Kier molecular flexibility index (Phi) is 3.73. The van der Waals surface area contributed by atoms with Crippen molar-refractivity contribution in [3.05, 3.63) is 33.5 Å². The third-order valence-electron chi connectivity index (χ3n) is 1.89. The highest BCUT2D eigenvalue weighted by atomic mass is 79.9. The first-order chi connectivity index (χ1) is 7.20. The van der Waals surface area contributed by atoms with Gasteiger partial charge in [-0.2, -0.15) is 0 Å². The van der Waals surface area contributed by atoms with Crippen molar-refractivity contribution in [2.24, 2.45) is 0 Å². The lowest BCUT2D eigenvalue weighted by atomic mass is 10.1. The highest BCUT2D eigenvalue weighted by molar-refractivity contribution is 9.10. The van der Waals surface area contributed by atoms with Crippen LogP contribution in [0.1, 0.15) is 36.7 Å². The number of esters is 1. The van der Waals surface area contributed by atoms with Gasteiger partial charge in [0.25, 0.3) is 0 Å². The lowest BCUT2D eigenvalue weighted by Crippen LogP contribution is -2.24. The topological polar surface area (TPSA) is 26.3 Å². The second kappa shape index (κ2) is 4.53. The van der Waals surface area contributed by atoms with E-state index in [4.69, 9.17) is 4.74 Å². The monoisotopic (exact) mass is 288 g/mol. The molecule has 0 aliphatic carbocycles. The number of halogens is 2. The summed E-state index contributed by atoms with van der Waals surface area (Å²) in [5.41, 5.74) is 0.366. The fourth-order valence-electron chi connectivity index (χ4n) is 1.20. The van der Waals surface area contributed by atoms with Crippen molar-refractivity contribution in [2.45, 2.75) is 33.3 Å². The van der Waals surface area contributed by atoms with Gasteiger partial charge in [0.05, 0.1) is 10.0 Å². The Bertz CT molecular complexity index is 422. The normalized spacial score (nSPS) is 11.4. The van der Waals surface area contributed by atoms with E-state index in [1.165, 1.54) is 6.07 Å². The van der Waals surface area contributed by atoms with Crippen molar-refractivity contribution >= 4 is 21.9 Å². The molecule has 0 aromatic heterocycles. The van der Waals surface area contributed by atoms with E-state index in [0.29, 0.717) is 10.0 Å². The molecule has 1 aromatic carbocycles. The van der Waals surface area contributed by atoms with Gasteiger partial charge in [0.2, 0.25) is 0 Å². The van der Waals surface area contributed by atoms with Gasteiger partial charge in [-0.15, -0.1) is 0 Å². The summed E-state index contributed by atoms with van der Waals surface area (Å²) in [7, 11) is 0. The highest BCUT2D eigenvalue weighted by Crippen LogP contribution is 2.22. The predicted molar refractivity (Wildman–Crippen MR) is 64.0 cm³/mol. The van der Waals surface area contributed by atoms with E-state index in [1.807, 2.05) is 0 Å². The molecule has 0 spiro atoms. The summed E-state index contributed by atoms with van der Waals surface area (Å²) in [5, 5.41) is 0.